The molecule has 0 aromatic heterocycles. The third-order valence-corrected chi connectivity index (χ3v) is 3.85. The van der Waals surface area contributed by atoms with E-state index in [0.717, 1.165) is 11.3 Å². The smallest absolute Gasteiger partial charge is 0.168 e. The highest BCUT2D eigenvalue weighted by atomic mass is 16.3. The van der Waals surface area contributed by atoms with E-state index in [9.17, 15) is 9.90 Å². The van der Waals surface area contributed by atoms with Crippen molar-refractivity contribution in [2.75, 3.05) is 0 Å². The highest BCUT2D eigenvalue weighted by molar-refractivity contribution is 6.25. The Hall–Kier alpha value is -1.90. The van der Waals surface area contributed by atoms with E-state index in [2.05, 4.69) is 13.8 Å². The van der Waals surface area contributed by atoms with Gasteiger partial charge in [0.2, 0.25) is 0 Å². The number of carbonyl (C=O) groups is 1. The van der Waals surface area contributed by atoms with Gasteiger partial charge in [-0.25, -0.2) is 0 Å². The Balaban J connectivity index is 2.55. The van der Waals surface area contributed by atoms with Gasteiger partial charge in [-0.2, -0.15) is 0 Å². The molecule has 1 aliphatic rings. The topological polar surface area (TPSA) is 49.7 Å². The first-order chi connectivity index (χ1) is 9.84. The maximum Gasteiger partial charge on any atom is 0.168 e. The number of nitrogens with zero attached hydrogens (tertiary/aromatic N) is 1. The molecule has 1 aliphatic carbocycles. The van der Waals surface area contributed by atoms with E-state index >= 15 is 0 Å². The summed E-state index contributed by atoms with van der Waals surface area (Å²) in [6.45, 7) is 7.98. The van der Waals surface area contributed by atoms with Crippen molar-refractivity contribution < 1.29 is 9.90 Å². The van der Waals surface area contributed by atoms with Crippen LogP contribution in [0.3, 0.4) is 0 Å². The number of Topliss-reactive ketones (excluding diaryl/α,β-unsaturated/α-hetero) is 1. The van der Waals surface area contributed by atoms with Gasteiger partial charge >= 0.3 is 0 Å². The monoisotopic (exact) mass is 285 g/mol. The van der Waals surface area contributed by atoms with Gasteiger partial charge in [0, 0.05) is 12.8 Å². The van der Waals surface area contributed by atoms with Gasteiger partial charge in [-0.05, 0) is 30.4 Å². The van der Waals surface area contributed by atoms with Crippen molar-refractivity contribution in [1.29, 1.82) is 0 Å². The zero-order valence-corrected chi connectivity index (χ0v) is 13.2. The molecule has 1 aromatic carbocycles. The second-order valence-electron chi connectivity index (χ2n) is 6.46. The van der Waals surface area contributed by atoms with Crippen molar-refractivity contribution in [2.24, 2.45) is 10.4 Å². The van der Waals surface area contributed by atoms with Crippen LogP contribution in [0.4, 0.5) is 5.69 Å². The number of aliphatic hydroxyl groups excluding tert-OH is 1. The standard InChI is InChI=1S/C18H23NO2/c1-5-15(20)17-14(10-18(3,4)11-16(17)21)19-13-9-7-6-8-12(13)2/h6-9,20H,5,10-11H2,1-4H3/b17-15+,19-14?. The van der Waals surface area contributed by atoms with Crippen molar-refractivity contribution in [3.63, 3.8) is 0 Å². The van der Waals surface area contributed by atoms with Gasteiger partial charge < -0.3 is 5.11 Å². The number of allylic oxidation sites excluding steroid dienone is 2. The molecule has 1 N–H and O–H groups in total. The second-order valence-corrected chi connectivity index (χ2v) is 6.46. The average molecular weight is 285 g/mol. The first kappa shape index (κ1) is 15.5. The van der Waals surface area contributed by atoms with Gasteiger partial charge in [0.1, 0.15) is 5.76 Å². The summed E-state index contributed by atoms with van der Waals surface area (Å²) in [6, 6.07) is 7.84. The Bertz CT molecular complexity index is 624. The van der Waals surface area contributed by atoms with Crippen LogP contribution in [-0.2, 0) is 4.79 Å². The zero-order valence-electron chi connectivity index (χ0n) is 13.2. The summed E-state index contributed by atoms with van der Waals surface area (Å²) < 4.78 is 0. The van der Waals surface area contributed by atoms with Crippen LogP contribution in [0.1, 0.15) is 45.6 Å². The van der Waals surface area contributed by atoms with Crippen molar-refractivity contribution >= 4 is 17.2 Å². The normalized spacial score (nSPS) is 22.5. The molecule has 0 heterocycles. The SMILES string of the molecule is CC/C(O)=C1\C(=O)CC(C)(C)CC1=Nc1ccccc1C. The van der Waals surface area contributed by atoms with Crippen molar-refractivity contribution in [1.82, 2.24) is 0 Å². The van der Waals surface area contributed by atoms with Crippen LogP contribution in [0.2, 0.25) is 0 Å². The maximum atomic E-state index is 12.4. The molecular formula is C18H23NO2. The second kappa shape index (κ2) is 5.84. The molecular weight excluding hydrogens is 262 g/mol. The molecule has 3 nitrogen and oxygen atoms in total. The maximum absolute atomic E-state index is 12.4. The fourth-order valence-corrected chi connectivity index (χ4v) is 2.72. The van der Waals surface area contributed by atoms with Gasteiger partial charge in [0.15, 0.2) is 5.78 Å². The lowest BCUT2D eigenvalue weighted by atomic mass is 9.73. The predicted octanol–water partition coefficient (Wildman–Crippen LogP) is 4.68. The summed E-state index contributed by atoms with van der Waals surface area (Å²) in [5, 5.41) is 10.1. The fourth-order valence-electron chi connectivity index (χ4n) is 2.72. The molecule has 0 radical (unpaired) electrons. The van der Waals surface area contributed by atoms with Gasteiger partial charge in [0.25, 0.3) is 0 Å². The van der Waals surface area contributed by atoms with E-state index in [4.69, 9.17) is 4.99 Å². The summed E-state index contributed by atoms with van der Waals surface area (Å²) in [4.78, 5) is 17.1. The van der Waals surface area contributed by atoms with Crippen molar-refractivity contribution in [3.05, 3.63) is 41.2 Å². The van der Waals surface area contributed by atoms with E-state index in [0.29, 0.717) is 30.5 Å². The Morgan fingerprint density at radius 3 is 2.57 bits per heavy atom. The predicted molar refractivity (Wildman–Crippen MR) is 86.2 cm³/mol. The molecule has 1 saturated carbocycles. The number of ketones is 1. The summed E-state index contributed by atoms with van der Waals surface area (Å²) in [5.74, 6) is 0.153. The highest BCUT2D eigenvalue weighted by Crippen LogP contribution is 2.36. The molecule has 1 fully saturated rings. The largest absolute Gasteiger partial charge is 0.512 e. The fraction of sp³-hybridized carbons (Fsp3) is 0.444. The number of hydrogen-bond donors (Lipinski definition) is 1. The van der Waals surface area contributed by atoms with Crippen LogP contribution in [0.5, 0.6) is 0 Å². The molecule has 0 bridgehead atoms. The Morgan fingerprint density at radius 1 is 1.29 bits per heavy atom. The van der Waals surface area contributed by atoms with E-state index < -0.39 is 0 Å². The molecule has 0 unspecified atom stereocenters. The molecule has 0 saturated heterocycles. The van der Waals surface area contributed by atoms with Gasteiger partial charge in [-0.15, -0.1) is 0 Å². The van der Waals surface area contributed by atoms with Crippen molar-refractivity contribution in [3.8, 4) is 0 Å². The molecule has 21 heavy (non-hydrogen) atoms. The molecule has 0 atom stereocenters. The summed E-state index contributed by atoms with van der Waals surface area (Å²) in [7, 11) is 0. The van der Waals surface area contributed by atoms with E-state index in [1.807, 2.05) is 38.1 Å². The molecule has 0 spiro atoms. The molecule has 0 amide bonds. The number of para-hydroxylation sites is 1. The molecule has 1 aromatic rings. The molecule has 3 heteroatoms. The first-order valence-electron chi connectivity index (χ1n) is 7.43. The average Bonchev–Trinajstić information content (AvgIpc) is 2.39. The Morgan fingerprint density at radius 2 is 1.95 bits per heavy atom. The Kier molecular flexibility index (Phi) is 4.31. The lowest BCUT2D eigenvalue weighted by Crippen LogP contribution is -2.32. The Labute approximate surface area is 126 Å². The number of benzene rings is 1. The number of aliphatic hydroxyl groups is 1. The van der Waals surface area contributed by atoms with Crippen LogP contribution in [0.25, 0.3) is 0 Å². The quantitative estimate of drug-likeness (QED) is 0.633. The van der Waals surface area contributed by atoms with E-state index in [1.165, 1.54) is 0 Å². The summed E-state index contributed by atoms with van der Waals surface area (Å²) in [6.07, 6.45) is 1.61. The number of rotatable bonds is 2. The number of aliphatic imine (C=N–C) groups is 1. The minimum atomic E-state index is -0.115. The van der Waals surface area contributed by atoms with Crippen LogP contribution < -0.4 is 0 Å². The lowest BCUT2D eigenvalue weighted by molar-refractivity contribution is -0.117. The molecule has 112 valence electrons. The summed E-state index contributed by atoms with van der Waals surface area (Å²) >= 11 is 0. The van der Waals surface area contributed by atoms with Crippen LogP contribution in [-0.4, -0.2) is 16.6 Å². The van der Waals surface area contributed by atoms with Crippen LogP contribution in [0.15, 0.2) is 40.6 Å². The number of hydrogen-bond acceptors (Lipinski definition) is 3. The van der Waals surface area contributed by atoms with Gasteiger partial charge in [-0.1, -0.05) is 39.0 Å². The number of aryl methyl sites for hydroxylation is 1. The highest BCUT2D eigenvalue weighted by Gasteiger charge is 2.36. The summed E-state index contributed by atoms with van der Waals surface area (Å²) in [5.41, 5.74) is 2.95. The van der Waals surface area contributed by atoms with E-state index in [-0.39, 0.29) is 17.0 Å². The minimum absolute atomic E-state index is 0.00191. The van der Waals surface area contributed by atoms with E-state index in [1.54, 1.807) is 0 Å². The third-order valence-electron chi connectivity index (χ3n) is 3.85. The molecule has 2 rings (SSSR count). The minimum Gasteiger partial charge on any atom is -0.512 e. The first-order valence-corrected chi connectivity index (χ1v) is 7.43. The van der Waals surface area contributed by atoms with Crippen molar-refractivity contribution in [2.45, 2.75) is 47.0 Å². The van der Waals surface area contributed by atoms with Gasteiger partial charge in [0.05, 0.1) is 17.0 Å². The van der Waals surface area contributed by atoms with Gasteiger partial charge in [-0.3, -0.25) is 9.79 Å². The lowest BCUT2D eigenvalue weighted by Gasteiger charge is -2.31. The molecule has 0 aliphatic heterocycles. The zero-order chi connectivity index (χ0) is 15.6. The third kappa shape index (κ3) is 3.41. The van der Waals surface area contributed by atoms with Crippen LogP contribution in [0, 0.1) is 12.3 Å². The van der Waals surface area contributed by atoms with Crippen LogP contribution >= 0.6 is 0 Å². The number of carbonyl (C=O) groups excluding carboxylic acids is 1.